The van der Waals surface area contributed by atoms with E-state index in [-0.39, 0.29) is 30.2 Å². The van der Waals surface area contributed by atoms with Crippen molar-refractivity contribution in [3.63, 3.8) is 0 Å². The highest BCUT2D eigenvalue weighted by Gasteiger charge is 2.35. The van der Waals surface area contributed by atoms with Gasteiger partial charge in [-0.05, 0) is 60.2 Å². The first kappa shape index (κ1) is 23.7. The number of carbonyl (C=O) groups is 2. The number of benzene rings is 3. The Labute approximate surface area is 196 Å². The molecular formula is C25H18F3NO6. The van der Waals surface area contributed by atoms with E-state index < -0.39 is 29.4 Å². The van der Waals surface area contributed by atoms with Crippen molar-refractivity contribution < 1.29 is 42.4 Å². The van der Waals surface area contributed by atoms with E-state index in [0.29, 0.717) is 16.5 Å². The Morgan fingerprint density at radius 3 is 2.26 bits per heavy atom. The quantitative estimate of drug-likeness (QED) is 0.320. The van der Waals surface area contributed by atoms with Gasteiger partial charge in [-0.3, -0.25) is 9.59 Å². The third-order valence-corrected chi connectivity index (χ3v) is 5.02. The second-order valence-electron chi connectivity index (χ2n) is 7.64. The Morgan fingerprint density at radius 2 is 1.54 bits per heavy atom. The van der Waals surface area contributed by atoms with Crippen LogP contribution in [-0.4, -0.2) is 26.7 Å². The van der Waals surface area contributed by atoms with Crippen molar-refractivity contribution in [2.75, 3.05) is 0 Å². The Balaban J connectivity index is 1.60. The van der Waals surface area contributed by atoms with Gasteiger partial charge in [0.2, 0.25) is 0 Å². The van der Waals surface area contributed by atoms with Crippen LogP contribution in [0, 0.1) is 0 Å². The standard InChI is InChI=1S/C25H18F3NO6/c26-25(27,28)20-13-19(5-7-22(20)35-17-3-1-2-15(10-17)11-23(30)31)34-18-4-6-21-16(12-18)8-9-29(21)14-24(32)33/h1-10,12-13H,11,14H2,(H,30,31)(H,32,33). The van der Waals surface area contributed by atoms with Crippen LogP contribution in [0.25, 0.3) is 10.9 Å². The fourth-order valence-electron chi connectivity index (χ4n) is 3.57. The van der Waals surface area contributed by atoms with Gasteiger partial charge in [0, 0.05) is 17.1 Å². The van der Waals surface area contributed by atoms with E-state index in [2.05, 4.69) is 0 Å². The van der Waals surface area contributed by atoms with Gasteiger partial charge in [-0.2, -0.15) is 13.2 Å². The molecule has 0 radical (unpaired) electrons. The molecule has 35 heavy (non-hydrogen) atoms. The van der Waals surface area contributed by atoms with E-state index in [4.69, 9.17) is 19.7 Å². The van der Waals surface area contributed by atoms with Crippen molar-refractivity contribution >= 4 is 22.8 Å². The number of fused-ring (bicyclic) bond motifs is 1. The average Bonchev–Trinajstić information content (AvgIpc) is 3.15. The molecule has 4 aromatic rings. The lowest BCUT2D eigenvalue weighted by molar-refractivity contribution is -0.139. The number of carboxylic acids is 2. The number of hydrogen-bond donors (Lipinski definition) is 2. The van der Waals surface area contributed by atoms with Crippen molar-refractivity contribution in [2.24, 2.45) is 0 Å². The highest BCUT2D eigenvalue weighted by atomic mass is 19.4. The molecule has 3 aromatic carbocycles. The van der Waals surface area contributed by atoms with Crippen molar-refractivity contribution in [3.8, 4) is 23.0 Å². The number of aliphatic carboxylic acids is 2. The third kappa shape index (κ3) is 5.72. The summed E-state index contributed by atoms with van der Waals surface area (Å²) >= 11 is 0. The molecule has 0 fully saturated rings. The number of halogens is 3. The number of carboxylic acid groups (broad SMARTS) is 2. The van der Waals surface area contributed by atoms with Crippen LogP contribution in [-0.2, 0) is 28.7 Å². The molecule has 0 saturated carbocycles. The van der Waals surface area contributed by atoms with Crippen LogP contribution < -0.4 is 9.47 Å². The van der Waals surface area contributed by atoms with Gasteiger partial charge < -0.3 is 24.3 Å². The largest absolute Gasteiger partial charge is 0.481 e. The SMILES string of the molecule is O=C(O)Cc1cccc(Oc2ccc(Oc3ccc4c(ccn4CC(=O)O)c3)cc2C(F)(F)F)c1. The first-order chi connectivity index (χ1) is 16.6. The summed E-state index contributed by atoms with van der Waals surface area (Å²) in [5.41, 5.74) is -0.0342. The zero-order valence-electron chi connectivity index (χ0n) is 18.0. The molecule has 0 amide bonds. The minimum atomic E-state index is -4.74. The Bertz CT molecular complexity index is 1410. The van der Waals surface area contributed by atoms with Crippen LogP contribution in [0.15, 0.2) is 72.9 Å². The zero-order valence-corrected chi connectivity index (χ0v) is 18.0. The lowest BCUT2D eigenvalue weighted by Crippen LogP contribution is -2.08. The average molecular weight is 485 g/mol. The summed E-state index contributed by atoms with van der Waals surface area (Å²) in [6.07, 6.45) is -3.44. The molecular weight excluding hydrogens is 467 g/mol. The van der Waals surface area contributed by atoms with Crippen molar-refractivity contribution in [2.45, 2.75) is 19.1 Å². The second kappa shape index (κ2) is 9.41. The summed E-state index contributed by atoms with van der Waals surface area (Å²) in [7, 11) is 0. The molecule has 1 heterocycles. The molecule has 0 unspecified atom stereocenters. The number of alkyl halides is 3. The van der Waals surface area contributed by atoms with Crippen molar-refractivity contribution in [1.29, 1.82) is 0 Å². The van der Waals surface area contributed by atoms with Gasteiger partial charge >= 0.3 is 18.1 Å². The van der Waals surface area contributed by atoms with Crippen LogP contribution in [0.5, 0.6) is 23.0 Å². The number of rotatable bonds is 8. The molecule has 0 bridgehead atoms. The normalized spacial score (nSPS) is 11.4. The topological polar surface area (TPSA) is 98.0 Å². The van der Waals surface area contributed by atoms with Gasteiger partial charge in [-0.15, -0.1) is 0 Å². The van der Waals surface area contributed by atoms with Crippen molar-refractivity contribution in [3.05, 3.63) is 84.1 Å². The molecule has 0 aliphatic carbocycles. The molecule has 0 spiro atoms. The van der Waals surface area contributed by atoms with Gasteiger partial charge in [0.15, 0.2) is 0 Å². The maximum absolute atomic E-state index is 13.8. The van der Waals surface area contributed by atoms with Gasteiger partial charge in [0.05, 0.1) is 6.42 Å². The number of aromatic nitrogens is 1. The van der Waals surface area contributed by atoms with Gasteiger partial charge in [-0.1, -0.05) is 12.1 Å². The highest BCUT2D eigenvalue weighted by Crippen LogP contribution is 2.41. The lowest BCUT2D eigenvalue weighted by Gasteiger charge is -2.16. The van der Waals surface area contributed by atoms with Crippen LogP contribution in [0.3, 0.4) is 0 Å². The zero-order chi connectivity index (χ0) is 25.2. The molecule has 7 nitrogen and oxygen atoms in total. The number of nitrogens with zero attached hydrogens (tertiary/aromatic N) is 1. The predicted molar refractivity (Wildman–Crippen MR) is 119 cm³/mol. The summed E-state index contributed by atoms with van der Waals surface area (Å²) in [5.74, 6) is -2.27. The van der Waals surface area contributed by atoms with E-state index in [9.17, 15) is 22.8 Å². The molecule has 10 heteroatoms. The molecule has 0 saturated heterocycles. The maximum Gasteiger partial charge on any atom is 0.420 e. The number of ether oxygens (including phenoxy) is 2. The molecule has 2 N–H and O–H groups in total. The fourth-order valence-corrected chi connectivity index (χ4v) is 3.57. The first-order valence-electron chi connectivity index (χ1n) is 10.3. The fraction of sp³-hybridized carbons (Fsp3) is 0.120. The Morgan fingerprint density at radius 1 is 0.829 bits per heavy atom. The van der Waals surface area contributed by atoms with E-state index in [1.165, 1.54) is 41.0 Å². The van der Waals surface area contributed by atoms with Crippen molar-refractivity contribution in [1.82, 2.24) is 4.57 Å². The molecule has 1 aromatic heterocycles. The van der Waals surface area contributed by atoms with Crippen LogP contribution in [0.1, 0.15) is 11.1 Å². The van der Waals surface area contributed by atoms with E-state index >= 15 is 0 Å². The Hall–Kier alpha value is -4.47. The second-order valence-corrected chi connectivity index (χ2v) is 7.64. The predicted octanol–water partition coefficient (Wildman–Crippen LogP) is 5.96. The molecule has 0 aliphatic rings. The van der Waals surface area contributed by atoms with Crippen LogP contribution in [0.4, 0.5) is 13.2 Å². The minimum absolute atomic E-state index is 0.0687. The molecule has 4 rings (SSSR count). The number of hydrogen-bond acceptors (Lipinski definition) is 4. The molecule has 0 atom stereocenters. The first-order valence-corrected chi connectivity index (χ1v) is 10.3. The summed E-state index contributed by atoms with van der Waals surface area (Å²) in [4.78, 5) is 21.9. The van der Waals surface area contributed by atoms with Gasteiger partial charge in [0.25, 0.3) is 0 Å². The van der Waals surface area contributed by atoms with E-state index in [1.807, 2.05) is 0 Å². The van der Waals surface area contributed by atoms with Crippen LogP contribution in [0.2, 0.25) is 0 Å². The molecule has 0 aliphatic heterocycles. The lowest BCUT2D eigenvalue weighted by atomic mass is 10.1. The van der Waals surface area contributed by atoms with E-state index in [0.717, 1.165) is 12.1 Å². The summed E-state index contributed by atoms with van der Waals surface area (Å²) in [6, 6.07) is 15.5. The minimum Gasteiger partial charge on any atom is -0.481 e. The smallest absolute Gasteiger partial charge is 0.420 e. The van der Waals surface area contributed by atoms with E-state index in [1.54, 1.807) is 24.4 Å². The molecule has 180 valence electrons. The monoisotopic (exact) mass is 485 g/mol. The highest BCUT2D eigenvalue weighted by molar-refractivity contribution is 5.83. The maximum atomic E-state index is 13.8. The summed E-state index contributed by atoms with van der Waals surface area (Å²) < 4.78 is 53.9. The summed E-state index contributed by atoms with van der Waals surface area (Å²) in [6.45, 7) is -0.223. The summed E-state index contributed by atoms with van der Waals surface area (Å²) in [5, 5.41) is 18.6. The van der Waals surface area contributed by atoms with Gasteiger partial charge in [-0.25, -0.2) is 0 Å². The third-order valence-electron chi connectivity index (χ3n) is 5.02. The van der Waals surface area contributed by atoms with Gasteiger partial charge in [0.1, 0.15) is 35.1 Å². The Kier molecular flexibility index (Phi) is 6.37. The van der Waals surface area contributed by atoms with Crippen LogP contribution >= 0.6 is 0 Å².